The van der Waals surface area contributed by atoms with E-state index in [0.717, 1.165) is 11.3 Å². The first kappa shape index (κ1) is 14.3. The number of nitrogens with zero attached hydrogens (tertiary/aromatic N) is 4. The average molecular weight is 312 g/mol. The molecule has 0 radical (unpaired) electrons. The zero-order chi connectivity index (χ0) is 15.8. The number of β-amino-alcohol motifs (C(OH)–C–C–N with tert-alkyl or cyclic N) is 1. The smallest absolute Gasteiger partial charge is 0.233 e. The molecule has 1 N–H and O–H groups in total. The zero-order valence-corrected chi connectivity index (χ0v) is 12.5. The summed E-state index contributed by atoms with van der Waals surface area (Å²) in [6, 6.07) is 8.44. The van der Waals surface area contributed by atoms with Gasteiger partial charge in [-0.15, -0.1) is 0 Å². The van der Waals surface area contributed by atoms with Crippen molar-refractivity contribution in [3.63, 3.8) is 0 Å². The van der Waals surface area contributed by atoms with Crippen LogP contribution in [0.15, 0.2) is 48.9 Å². The molecule has 0 saturated carbocycles. The summed E-state index contributed by atoms with van der Waals surface area (Å²) < 4.78 is 15.0. The van der Waals surface area contributed by atoms with Crippen molar-refractivity contribution in [2.75, 3.05) is 6.54 Å². The van der Waals surface area contributed by atoms with Gasteiger partial charge in [-0.25, -0.2) is 14.4 Å². The summed E-state index contributed by atoms with van der Waals surface area (Å²) >= 11 is 0. The van der Waals surface area contributed by atoms with Crippen LogP contribution in [0, 0.1) is 5.82 Å². The standard InChI is InChI=1S/C17H17FN4O/c18-13-4-2-12(3-5-13)16-8-15(23)11-22(16)10-14-9-21-7-1-6-19-17(21)20-14/h1-7,9,15-16,23H,8,10-11H2/t15-,16+/m0/s1. The number of aliphatic hydroxyl groups is 1. The Morgan fingerprint density at radius 1 is 1.26 bits per heavy atom. The van der Waals surface area contributed by atoms with Gasteiger partial charge in [0.25, 0.3) is 0 Å². The van der Waals surface area contributed by atoms with Gasteiger partial charge in [-0.1, -0.05) is 12.1 Å². The number of likely N-dealkylation sites (tertiary alicyclic amines) is 1. The van der Waals surface area contributed by atoms with Gasteiger partial charge < -0.3 is 5.11 Å². The largest absolute Gasteiger partial charge is 0.392 e. The molecule has 1 fully saturated rings. The minimum Gasteiger partial charge on any atom is -0.392 e. The van der Waals surface area contributed by atoms with Gasteiger partial charge in [-0.05, 0) is 30.2 Å². The van der Waals surface area contributed by atoms with E-state index in [0.29, 0.717) is 25.3 Å². The van der Waals surface area contributed by atoms with Crippen molar-refractivity contribution >= 4 is 5.78 Å². The molecule has 1 aliphatic heterocycles. The molecule has 2 atom stereocenters. The summed E-state index contributed by atoms with van der Waals surface area (Å²) in [5.41, 5.74) is 1.93. The van der Waals surface area contributed by atoms with Gasteiger partial charge in [0.05, 0.1) is 11.8 Å². The molecule has 0 amide bonds. The summed E-state index contributed by atoms with van der Waals surface area (Å²) in [7, 11) is 0. The molecule has 0 spiro atoms. The minimum atomic E-state index is -0.375. The highest BCUT2D eigenvalue weighted by atomic mass is 19.1. The molecule has 3 aromatic rings. The van der Waals surface area contributed by atoms with Crippen LogP contribution in [-0.4, -0.2) is 37.0 Å². The van der Waals surface area contributed by atoms with Crippen molar-refractivity contribution < 1.29 is 9.50 Å². The lowest BCUT2D eigenvalue weighted by atomic mass is 10.0. The number of rotatable bonds is 3. The minimum absolute atomic E-state index is 0.0726. The molecule has 0 bridgehead atoms. The normalized spacial score (nSPS) is 22.0. The number of benzene rings is 1. The van der Waals surface area contributed by atoms with Crippen molar-refractivity contribution in [3.05, 3.63) is 66.0 Å². The molecule has 5 nitrogen and oxygen atoms in total. The highest BCUT2D eigenvalue weighted by molar-refractivity contribution is 5.30. The van der Waals surface area contributed by atoms with E-state index in [2.05, 4.69) is 14.9 Å². The number of halogens is 1. The highest BCUT2D eigenvalue weighted by Crippen LogP contribution is 2.33. The van der Waals surface area contributed by atoms with Gasteiger partial charge in [0, 0.05) is 37.7 Å². The van der Waals surface area contributed by atoms with Gasteiger partial charge >= 0.3 is 0 Å². The number of hydrogen-bond donors (Lipinski definition) is 1. The zero-order valence-electron chi connectivity index (χ0n) is 12.5. The van der Waals surface area contributed by atoms with Crippen LogP contribution in [0.5, 0.6) is 0 Å². The van der Waals surface area contributed by atoms with Crippen molar-refractivity contribution in [2.24, 2.45) is 0 Å². The van der Waals surface area contributed by atoms with Crippen molar-refractivity contribution in [1.82, 2.24) is 19.3 Å². The fraction of sp³-hybridized carbons (Fsp3) is 0.294. The number of aliphatic hydroxyl groups excluding tert-OH is 1. The van der Waals surface area contributed by atoms with Crippen LogP contribution < -0.4 is 0 Å². The van der Waals surface area contributed by atoms with E-state index in [-0.39, 0.29) is 18.0 Å². The molecular weight excluding hydrogens is 295 g/mol. The fourth-order valence-electron chi connectivity index (χ4n) is 3.25. The van der Waals surface area contributed by atoms with E-state index in [1.54, 1.807) is 18.3 Å². The Hall–Kier alpha value is -2.31. The van der Waals surface area contributed by atoms with Gasteiger partial charge in [0.2, 0.25) is 5.78 Å². The third-order valence-corrected chi connectivity index (χ3v) is 4.29. The number of aromatic nitrogens is 3. The molecule has 0 aliphatic carbocycles. The molecule has 23 heavy (non-hydrogen) atoms. The molecule has 3 heterocycles. The van der Waals surface area contributed by atoms with E-state index in [1.807, 2.05) is 22.9 Å². The van der Waals surface area contributed by atoms with Gasteiger partial charge in [0.15, 0.2) is 0 Å². The van der Waals surface area contributed by atoms with Gasteiger partial charge in [-0.3, -0.25) is 9.30 Å². The molecule has 6 heteroatoms. The quantitative estimate of drug-likeness (QED) is 0.805. The van der Waals surface area contributed by atoms with Crippen molar-refractivity contribution in [2.45, 2.75) is 25.1 Å². The monoisotopic (exact) mass is 312 g/mol. The Balaban J connectivity index is 1.59. The maximum absolute atomic E-state index is 13.1. The van der Waals surface area contributed by atoms with Crippen LogP contribution in [0.4, 0.5) is 4.39 Å². The number of imidazole rings is 1. The highest BCUT2D eigenvalue weighted by Gasteiger charge is 2.32. The second-order valence-electron chi connectivity index (χ2n) is 5.95. The van der Waals surface area contributed by atoms with Gasteiger partial charge in [-0.2, -0.15) is 0 Å². The van der Waals surface area contributed by atoms with Crippen LogP contribution in [0.1, 0.15) is 23.7 Å². The molecule has 1 saturated heterocycles. The van der Waals surface area contributed by atoms with Crippen LogP contribution in [0.3, 0.4) is 0 Å². The first-order valence-corrected chi connectivity index (χ1v) is 7.65. The number of hydrogen-bond acceptors (Lipinski definition) is 4. The van der Waals surface area contributed by atoms with E-state index < -0.39 is 0 Å². The van der Waals surface area contributed by atoms with Crippen LogP contribution in [0.25, 0.3) is 5.78 Å². The van der Waals surface area contributed by atoms with E-state index in [1.165, 1.54) is 12.1 Å². The maximum atomic E-state index is 13.1. The summed E-state index contributed by atoms with van der Waals surface area (Å²) in [6.45, 7) is 1.21. The molecule has 0 unspecified atom stereocenters. The number of fused-ring (bicyclic) bond motifs is 1. The average Bonchev–Trinajstić information content (AvgIpc) is 3.11. The van der Waals surface area contributed by atoms with Crippen LogP contribution in [-0.2, 0) is 6.54 Å². The SMILES string of the molecule is O[C@H]1C[C@H](c2ccc(F)cc2)N(Cc2cn3cccnc3n2)C1. The third-order valence-electron chi connectivity index (χ3n) is 4.29. The maximum Gasteiger partial charge on any atom is 0.233 e. The predicted molar refractivity (Wildman–Crippen MR) is 83.2 cm³/mol. The van der Waals surface area contributed by atoms with Gasteiger partial charge in [0.1, 0.15) is 5.82 Å². The Morgan fingerprint density at radius 3 is 2.87 bits per heavy atom. The molecule has 1 aromatic carbocycles. The third kappa shape index (κ3) is 2.83. The fourth-order valence-corrected chi connectivity index (χ4v) is 3.25. The molecule has 118 valence electrons. The van der Waals surface area contributed by atoms with Crippen LogP contribution in [0.2, 0.25) is 0 Å². The molecule has 1 aliphatic rings. The topological polar surface area (TPSA) is 53.7 Å². The lowest BCUT2D eigenvalue weighted by Gasteiger charge is -2.23. The van der Waals surface area contributed by atoms with Crippen molar-refractivity contribution in [3.8, 4) is 0 Å². The summed E-state index contributed by atoms with van der Waals surface area (Å²) in [4.78, 5) is 10.9. The molecule has 4 rings (SSSR count). The first-order chi connectivity index (χ1) is 11.2. The Labute approximate surface area is 133 Å². The van der Waals surface area contributed by atoms with Crippen LogP contribution >= 0.6 is 0 Å². The lowest BCUT2D eigenvalue weighted by Crippen LogP contribution is -2.24. The Kier molecular flexibility index (Phi) is 3.55. The lowest BCUT2D eigenvalue weighted by molar-refractivity contribution is 0.172. The van der Waals surface area contributed by atoms with E-state index >= 15 is 0 Å². The van der Waals surface area contributed by atoms with E-state index in [4.69, 9.17) is 0 Å². The Morgan fingerprint density at radius 2 is 2.09 bits per heavy atom. The van der Waals surface area contributed by atoms with E-state index in [9.17, 15) is 9.50 Å². The first-order valence-electron chi connectivity index (χ1n) is 7.65. The second kappa shape index (κ2) is 5.72. The summed E-state index contributed by atoms with van der Waals surface area (Å²) in [6.07, 6.45) is 5.86. The Bertz CT molecular complexity index is 784. The predicted octanol–water partition coefficient (Wildman–Crippen LogP) is 2.18. The summed E-state index contributed by atoms with van der Waals surface area (Å²) in [5, 5.41) is 10.1. The molecular formula is C17H17FN4O. The summed E-state index contributed by atoms with van der Waals surface area (Å²) in [5.74, 6) is 0.422. The van der Waals surface area contributed by atoms with Crippen molar-refractivity contribution in [1.29, 1.82) is 0 Å². The molecule has 2 aromatic heterocycles. The second-order valence-corrected chi connectivity index (χ2v) is 5.95.